The molecule has 0 aliphatic rings. The van der Waals surface area contributed by atoms with Crippen LogP contribution in [0.3, 0.4) is 0 Å². The fraction of sp³-hybridized carbons (Fsp3) is 0.300. The molecule has 0 saturated heterocycles. The Hall–Kier alpha value is -2.04. The third-order valence-electron chi connectivity index (χ3n) is 3.85. The van der Waals surface area contributed by atoms with E-state index in [1.54, 1.807) is 48.5 Å². The van der Waals surface area contributed by atoms with E-state index in [-0.39, 0.29) is 11.8 Å². The number of carbonyl (C=O) groups is 2. The molecule has 0 aliphatic heterocycles. The predicted molar refractivity (Wildman–Crippen MR) is 106 cm³/mol. The van der Waals surface area contributed by atoms with Crippen LogP contribution in [-0.4, -0.2) is 24.9 Å². The average molecular weight is 393 g/mol. The fourth-order valence-electron chi connectivity index (χ4n) is 2.47. The van der Waals surface area contributed by atoms with Crippen molar-refractivity contribution in [1.29, 1.82) is 0 Å². The minimum atomic E-state index is -0.110. The SMILES string of the molecule is O=C(NCCCCCCNC(=O)c1cccc(Cl)c1)c1cccc(Cl)c1. The molecule has 0 aliphatic carbocycles. The molecule has 0 saturated carbocycles. The van der Waals surface area contributed by atoms with Gasteiger partial charge in [-0.25, -0.2) is 0 Å². The van der Waals surface area contributed by atoms with Gasteiger partial charge in [0.15, 0.2) is 0 Å². The molecule has 0 fully saturated rings. The second-order valence-corrected chi connectivity index (χ2v) is 6.82. The zero-order chi connectivity index (χ0) is 18.8. The molecule has 0 spiro atoms. The first-order valence-electron chi connectivity index (χ1n) is 8.64. The quantitative estimate of drug-likeness (QED) is 0.606. The molecule has 0 heterocycles. The predicted octanol–water partition coefficient (Wildman–Crippen LogP) is 4.71. The van der Waals surface area contributed by atoms with E-state index >= 15 is 0 Å². The van der Waals surface area contributed by atoms with Gasteiger partial charge in [0.25, 0.3) is 11.8 Å². The molecular formula is C20H22Cl2N2O2. The van der Waals surface area contributed by atoms with Gasteiger partial charge in [-0.15, -0.1) is 0 Å². The molecule has 2 aromatic carbocycles. The highest BCUT2D eigenvalue weighted by Gasteiger charge is 2.06. The number of carbonyl (C=O) groups excluding carboxylic acids is 2. The highest BCUT2D eigenvalue weighted by molar-refractivity contribution is 6.31. The van der Waals surface area contributed by atoms with Gasteiger partial charge < -0.3 is 10.6 Å². The molecule has 2 amide bonds. The van der Waals surface area contributed by atoms with Crippen LogP contribution in [-0.2, 0) is 0 Å². The van der Waals surface area contributed by atoms with Crippen LogP contribution in [0.4, 0.5) is 0 Å². The van der Waals surface area contributed by atoms with Crippen molar-refractivity contribution in [2.75, 3.05) is 13.1 Å². The van der Waals surface area contributed by atoms with Gasteiger partial charge in [-0.3, -0.25) is 9.59 Å². The van der Waals surface area contributed by atoms with Crippen LogP contribution in [0.2, 0.25) is 10.0 Å². The van der Waals surface area contributed by atoms with Crippen molar-refractivity contribution in [3.05, 3.63) is 69.7 Å². The zero-order valence-corrected chi connectivity index (χ0v) is 15.9. The molecular weight excluding hydrogens is 371 g/mol. The first kappa shape index (κ1) is 20.3. The lowest BCUT2D eigenvalue weighted by Gasteiger charge is -2.07. The number of unbranched alkanes of at least 4 members (excludes halogenated alkanes) is 3. The number of amides is 2. The van der Waals surface area contributed by atoms with Crippen LogP contribution < -0.4 is 10.6 Å². The maximum Gasteiger partial charge on any atom is 0.251 e. The highest BCUT2D eigenvalue weighted by atomic mass is 35.5. The first-order valence-corrected chi connectivity index (χ1v) is 9.39. The Bertz CT molecular complexity index is 687. The minimum absolute atomic E-state index is 0.110. The van der Waals surface area contributed by atoms with Crippen molar-refractivity contribution >= 4 is 35.0 Å². The van der Waals surface area contributed by atoms with Gasteiger partial charge in [-0.1, -0.05) is 48.2 Å². The van der Waals surface area contributed by atoms with E-state index in [1.165, 1.54) is 0 Å². The van der Waals surface area contributed by atoms with Crippen LogP contribution in [0, 0.1) is 0 Å². The van der Waals surface area contributed by atoms with Crippen LogP contribution in [0.5, 0.6) is 0 Å². The highest BCUT2D eigenvalue weighted by Crippen LogP contribution is 2.11. The lowest BCUT2D eigenvalue weighted by Crippen LogP contribution is -2.25. The molecule has 2 rings (SSSR count). The summed E-state index contributed by atoms with van der Waals surface area (Å²) in [5.74, 6) is -0.220. The number of hydrogen-bond acceptors (Lipinski definition) is 2. The Kier molecular flexibility index (Phi) is 8.45. The van der Waals surface area contributed by atoms with Gasteiger partial charge in [0.05, 0.1) is 0 Å². The van der Waals surface area contributed by atoms with Gasteiger partial charge >= 0.3 is 0 Å². The molecule has 4 nitrogen and oxygen atoms in total. The summed E-state index contributed by atoms with van der Waals surface area (Å²) in [6.07, 6.45) is 3.77. The fourth-order valence-corrected chi connectivity index (χ4v) is 2.85. The van der Waals surface area contributed by atoms with Gasteiger partial charge in [0.2, 0.25) is 0 Å². The van der Waals surface area contributed by atoms with E-state index in [9.17, 15) is 9.59 Å². The lowest BCUT2D eigenvalue weighted by molar-refractivity contribution is 0.0943. The normalized spacial score (nSPS) is 10.4. The third-order valence-corrected chi connectivity index (χ3v) is 4.32. The van der Waals surface area contributed by atoms with Gasteiger partial charge in [-0.05, 0) is 49.2 Å². The Morgan fingerprint density at radius 1 is 0.692 bits per heavy atom. The summed E-state index contributed by atoms with van der Waals surface area (Å²) in [4.78, 5) is 23.9. The number of benzene rings is 2. The zero-order valence-electron chi connectivity index (χ0n) is 14.4. The second-order valence-electron chi connectivity index (χ2n) is 5.95. The van der Waals surface area contributed by atoms with E-state index in [2.05, 4.69) is 10.6 Å². The second kappa shape index (κ2) is 10.8. The van der Waals surface area contributed by atoms with E-state index in [1.807, 2.05) is 0 Å². The van der Waals surface area contributed by atoms with E-state index in [0.717, 1.165) is 25.7 Å². The molecule has 2 aromatic rings. The van der Waals surface area contributed by atoms with Gasteiger partial charge in [0.1, 0.15) is 0 Å². The van der Waals surface area contributed by atoms with E-state index in [0.29, 0.717) is 34.3 Å². The largest absolute Gasteiger partial charge is 0.352 e. The molecule has 26 heavy (non-hydrogen) atoms. The molecule has 0 atom stereocenters. The van der Waals surface area contributed by atoms with Crippen molar-refractivity contribution in [1.82, 2.24) is 10.6 Å². The van der Waals surface area contributed by atoms with Crippen molar-refractivity contribution in [2.45, 2.75) is 25.7 Å². The topological polar surface area (TPSA) is 58.2 Å². The molecule has 2 N–H and O–H groups in total. The summed E-state index contributed by atoms with van der Waals surface area (Å²) in [6, 6.07) is 13.8. The third kappa shape index (κ3) is 7.06. The molecule has 0 aromatic heterocycles. The molecule has 0 unspecified atom stereocenters. The maximum absolute atomic E-state index is 11.9. The van der Waals surface area contributed by atoms with Crippen molar-refractivity contribution in [2.24, 2.45) is 0 Å². The summed E-state index contributed by atoms with van der Waals surface area (Å²) in [5, 5.41) is 6.87. The molecule has 0 bridgehead atoms. The van der Waals surface area contributed by atoms with Gasteiger partial charge in [-0.2, -0.15) is 0 Å². The van der Waals surface area contributed by atoms with E-state index < -0.39 is 0 Å². The maximum atomic E-state index is 11.9. The van der Waals surface area contributed by atoms with Crippen LogP contribution in [0.1, 0.15) is 46.4 Å². The smallest absolute Gasteiger partial charge is 0.251 e. The van der Waals surface area contributed by atoms with Gasteiger partial charge in [0, 0.05) is 34.3 Å². The number of hydrogen-bond donors (Lipinski definition) is 2. The summed E-state index contributed by atoms with van der Waals surface area (Å²) in [5.41, 5.74) is 1.14. The molecule has 0 radical (unpaired) electrons. The Morgan fingerprint density at radius 3 is 1.50 bits per heavy atom. The molecule has 138 valence electrons. The van der Waals surface area contributed by atoms with E-state index in [4.69, 9.17) is 23.2 Å². The standard InChI is InChI=1S/C20H22Cl2N2O2/c21-17-9-5-7-15(13-17)19(25)23-11-3-1-2-4-12-24-20(26)16-8-6-10-18(22)14-16/h5-10,13-14H,1-4,11-12H2,(H,23,25)(H,24,26). The van der Waals surface area contributed by atoms with Crippen molar-refractivity contribution in [3.8, 4) is 0 Å². The van der Waals surface area contributed by atoms with Crippen LogP contribution in [0.15, 0.2) is 48.5 Å². The summed E-state index contributed by atoms with van der Waals surface area (Å²) < 4.78 is 0. The summed E-state index contributed by atoms with van der Waals surface area (Å²) in [6.45, 7) is 1.25. The van der Waals surface area contributed by atoms with Crippen molar-refractivity contribution < 1.29 is 9.59 Å². The average Bonchev–Trinajstić information content (AvgIpc) is 2.63. The van der Waals surface area contributed by atoms with Crippen molar-refractivity contribution in [3.63, 3.8) is 0 Å². The van der Waals surface area contributed by atoms with Crippen LogP contribution in [0.25, 0.3) is 0 Å². The summed E-state index contributed by atoms with van der Waals surface area (Å²) >= 11 is 11.7. The minimum Gasteiger partial charge on any atom is -0.352 e. The monoisotopic (exact) mass is 392 g/mol. The Morgan fingerprint density at radius 2 is 1.12 bits per heavy atom. The molecule has 6 heteroatoms. The first-order chi connectivity index (χ1) is 12.6. The lowest BCUT2D eigenvalue weighted by atomic mass is 10.1. The van der Waals surface area contributed by atoms with Crippen LogP contribution >= 0.6 is 23.2 Å². The Balaban J connectivity index is 1.53. The number of nitrogens with one attached hydrogen (secondary N) is 2. The number of rotatable bonds is 9. The summed E-state index contributed by atoms with van der Waals surface area (Å²) in [7, 11) is 0. The number of halogens is 2. The Labute approximate surface area is 163 Å².